The van der Waals surface area contributed by atoms with Crippen molar-refractivity contribution >= 4 is 17.7 Å². The summed E-state index contributed by atoms with van der Waals surface area (Å²) < 4.78 is 42.9. The SMILES string of the molecule is CN=C(NCC(C)CSc1ccccc1OC)NC1CCN(CC(F)(F)F)C1. The number of rotatable bonds is 8. The fourth-order valence-electron chi connectivity index (χ4n) is 3.04. The van der Waals surface area contributed by atoms with Gasteiger partial charge in [-0.05, 0) is 24.5 Å². The zero-order valence-corrected chi connectivity index (χ0v) is 17.4. The Morgan fingerprint density at radius 3 is 2.82 bits per heavy atom. The first-order valence-electron chi connectivity index (χ1n) is 9.33. The third-order valence-corrected chi connectivity index (χ3v) is 5.83. The van der Waals surface area contributed by atoms with Gasteiger partial charge in [0.05, 0.1) is 13.7 Å². The highest BCUT2D eigenvalue weighted by Crippen LogP contribution is 2.29. The van der Waals surface area contributed by atoms with Gasteiger partial charge in [-0.15, -0.1) is 11.8 Å². The molecule has 0 radical (unpaired) electrons. The molecular formula is C19H29F3N4OS. The van der Waals surface area contributed by atoms with Crippen molar-refractivity contribution in [3.8, 4) is 5.75 Å². The van der Waals surface area contributed by atoms with Crippen LogP contribution in [0.3, 0.4) is 0 Å². The number of halogens is 3. The fourth-order valence-corrected chi connectivity index (χ4v) is 4.09. The Morgan fingerprint density at radius 2 is 2.14 bits per heavy atom. The van der Waals surface area contributed by atoms with Gasteiger partial charge in [0.25, 0.3) is 0 Å². The molecule has 1 heterocycles. The van der Waals surface area contributed by atoms with Gasteiger partial charge in [0.2, 0.25) is 0 Å². The highest BCUT2D eigenvalue weighted by atomic mass is 32.2. The standard InChI is InChI=1S/C19H29F3N4OS/c1-14(12-28-17-7-5-4-6-16(17)27-3)10-24-18(23-2)25-15-8-9-26(11-15)13-19(20,21)22/h4-7,14-15H,8-13H2,1-3H3,(H2,23,24,25). The molecule has 0 amide bonds. The van der Waals surface area contributed by atoms with Gasteiger partial charge in [-0.2, -0.15) is 13.2 Å². The molecule has 0 aromatic heterocycles. The van der Waals surface area contributed by atoms with Crippen molar-refractivity contribution in [3.63, 3.8) is 0 Å². The van der Waals surface area contributed by atoms with Crippen LogP contribution < -0.4 is 15.4 Å². The zero-order chi connectivity index (χ0) is 20.6. The molecule has 2 unspecified atom stereocenters. The first-order chi connectivity index (χ1) is 13.3. The van der Waals surface area contributed by atoms with E-state index in [1.807, 2.05) is 24.3 Å². The lowest BCUT2D eigenvalue weighted by Gasteiger charge is -2.21. The largest absolute Gasteiger partial charge is 0.496 e. The number of methoxy groups -OCH3 is 1. The first kappa shape index (κ1) is 22.7. The summed E-state index contributed by atoms with van der Waals surface area (Å²) in [5.74, 6) is 2.79. The quantitative estimate of drug-likeness (QED) is 0.386. The van der Waals surface area contributed by atoms with Crippen LogP contribution in [0.1, 0.15) is 13.3 Å². The van der Waals surface area contributed by atoms with Gasteiger partial charge >= 0.3 is 6.18 Å². The molecule has 2 atom stereocenters. The molecule has 1 aromatic carbocycles. The van der Waals surface area contributed by atoms with Crippen LogP contribution in [0.15, 0.2) is 34.2 Å². The average Bonchev–Trinajstić information content (AvgIpc) is 3.08. The number of hydrogen-bond donors (Lipinski definition) is 2. The Bertz CT molecular complexity index is 642. The second kappa shape index (κ2) is 10.8. The number of alkyl halides is 3. The first-order valence-corrected chi connectivity index (χ1v) is 10.3. The predicted octanol–water partition coefficient (Wildman–Crippen LogP) is 3.23. The third-order valence-electron chi connectivity index (χ3n) is 4.45. The molecule has 5 nitrogen and oxygen atoms in total. The molecule has 1 aromatic rings. The summed E-state index contributed by atoms with van der Waals surface area (Å²) in [6, 6.07) is 7.90. The van der Waals surface area contributed by atoms with E-state index in [0.29, 0.717) is 31.4 Å². The second-order valence-corrected chi connectivity index (χ2v) is 8.06. The van der Waals surface area contributed by atoms with Crippen molar-refractivity contribution in [1.29, 1.82) is 0 Å². The Morgan fingerprint density at radius 1 is 1.39 bits per heavy atom. The molecule has 1 aliphatic rings. The van der Waals surface area contributed by atoms with Crippen LogP contribution in [0.4, 0.5) is 13.2 Å². The van der Waals surface area contributed by atoms with Gasteiger partial charge < -0.3 is 15.4 Å². The Labute approximate surface area is 169 Å². The van der Waals surface area contributed by atoms with Gasteiger partial charge in [0, 0.05) is 43.4 Å². The highest BCUT2D eigenvalue weighted by molar-refractivity contribution is 7.99. The van der Waals surface area contributed by atoms with E-state index < -0.39 is 12.7 Å². The number of hydrogen-bond acceptors (Lipinski definition) is 4. The molecule has 1 saturated heterocycles. The fraction of sp³-hybridized carbons (Fsp3) is 0.632. The summed E-state index contributed by atoms with van der Waals surface area (Å²) in [7, 11) is 3.34. The number of nitrogens with one attached hydrogen (secondary N) is 2. The lowest BCUT2D eigenvalue weighted by atomic mass is 10.2. The van der Waals surface area contributed by atoms with Gasteiger partial charge in [0.15, 0.2) is 5.96 Å². The molecule has 0 bridgehead atoms. The van der Waals surface area contributed by atoms with Crippen molar-refractivity contribution in [2.75, 3.05) is 46.1 Å². The summed E-state index contributed by atoms with van der Waals surface area (Å²) in [5.41, 5.74) is 0. The lowest BCUT2D eigenvalue weighted by molar-refractivity contribution is -0.143. The van der Waals surface area contributed by atoms with Crippen molar-refractivity contribution in [2.24, 2.45) is 10.9 Å². The number of guanidine groups is 1. The zero-order valence-electron chi connectivity index (χ0n) is 16.6. The van der Waals surface area contributed by atoms with E-state index in [2.05, 4.69) is 22.5 Å². The number of ether oxygens (including phenoxy) is 1. The third kappa shape index (κ3) is 7.79. The minimum absolute atomic E-state index is 0.0215. The van der Waals surface area contributed by atoms with Gasteiger partial charge in [0.1, 0.15) is 5.75 Å². The number of thioether (sulfide) groups is 1. The predicted molar refractivity (Wildman–Crippen MR) is 108 cm³/mol. The van der Waals surface area contributed by atoms with E-state index in [1.165, 1.54) is 4.90 Å². The molecular weight excluding hydrogens is 389 g/mol. The van der Waals surface area contributed by atoms with Crippen molar-refractivity contribution in [2.45, 2.75) is 30.5 Å². The summed E-state index contributed by atoms with van der Waals surface area (Å²) in [5, 5.41) is 6.51. The molecule has 0 spiro atoms. The van der Waals surface area contributed by atoms with E-state index in [9.17, 15) is 13.2 Å². The topological polar surface area (TPSA) is 48.9 Å². The lowest BCUT2D eigenvalue weighted by Crippen LogP contribution is -2.46. The van der Waals surface area contributed by atoms with Crippen LogP contribution in [0.25, 0.3) is 0 Å². The van der Waals surface area contributed by atoms with E-state index in [-0.39, 0.29) is 6.04 Å². The van der Waals surface area contributed by atoms with E-state index in [4.69, 9.17) is 4.74 Å². The molecule has 1 fully saturated rings. The molecule has 0 saturated carbocycles. The molecule has 28 heavy (non-hydrogen) atoms. The van der Waals surface area contributed by atoms with Crippen molar-refractivity contribution < 1.29 is 17.9 Å². The van der Waals surface area contributed by atoms with Crippen LogP contribution in [0.2, 0.25) is 0 Å². The monoisotopic (exact) mass is 418 g/mol. The average molecular weight is 419 g/mol. The summed E-state index contributed by atoms with van der Waals surface area (Å²) >= 11 is 1.74. The molecule has 2 N–H and O–H groups in total. The number of para-hydroxylation sites is 1. The van der Waals surface area contributed by atoms with Crippen LogP contribution >= 0.6 is 11.8 Å². The van der Waals surface area contributed by atoms with E-state index in [1.54, 1.807) is 25.9 Å². The summed E-state index contributed by atoms with van der Waals surface area (Å²) in [4.78, 5) is 6.73. The second-order valence-electron chi connectivity index (χ2n) is 7.00. The smallest absolute Gasteiger partial charge is 0.401 e. The summed E-state index contributed by atoms with van der Waals surface area (Å²) in [6.07, 6.45) is -3.47. The van der Waals surface area contributed by atoms with Crippen LogP contribution in [0.5, 0.6) is 5.75 Å². The normalized spacial score (nSPS) is 19.5. The molecule has 0 aliphatic carbocycles. The Kier molecular flexibility index (Phi) is 8.75. The number of benzene rings is 1. The highest BCUT2D eigenvalue weighted by Gasteiger charge is 2.34. The van der Waals surface area contributed by atoms with Gasteiger partial charge in [-0.25, -0.2) is 0 Å². The van der Waals surface area contributed by atoms with Crippen molar-refractivity contribution in [1.82, 2.24) is 15.5 Å². The molecule has 158 valence electrons. The van der Waals surface area contributed by atoms with Crippen molar-refractivity contribution in [3.05, 3.63) is 24.3 Å². The number of aliphatic imine (C=N–C) groups is 1. The van der Waals surface area contributed by atoms with Crippen LogP contribution in [-0.2, 0) is 0 Å². The maximum atomic E-state index is 12.5. The number of nitrogens with zero attached hydrogens (tertiary/aromatic N) is 2. The van der Waals surface area contributed by atoms with Gasteiger partial charge in [-0.1, -0.05) is 19.1 Å². The maximum absolute atomic E-state index is 12.5. The van der Waals surface area contributed by atoms with E-state index in [0.717, 1.165) is 22.9 Å². The van der Waals surface area contributed by atoms with Gasteiger partial charge in [-0.3, -0.25) is 9.89 Å². The van der Waals surface area contributed by atoms with Crippen LogP contribution in [0, 0.1) is 5.92 Å². The summed E-state index contributed by atoms with van der Waals surface area (Å²) in [6.45, 7) is 2.83. The Hall–Kier alpha value is -1.61. The molecule has 1 aliphatic heterocycles. The van der Waals surface area contributed by atoms with E-state index >= 15 is 0 Å². The number of likely N-dealkylation sites (tertiary alicyclic amines) is 1. The minimum atomic E-state index is -4.15. The van der Waals surface area contributed by atoms with Crippen LogP contribution in [-0.4, -0.2) is 69.2 Å². The molecule has 2 rings (SSSR count). The molecule has 9 heteroatoms. The minimum Gasteiger partial charge on any atom is -0.496 e. The Balaban J connectivity index is 1.72. The maximum Gasteiger partial charge on any atom is 0.401 e.